The number of aromatic nitrogens is 2. The highest BCUT2D eigenvalue weighted by atomic mass is 16.5. The van der Waals surface area contributed by atoms with Gasteiger partial charge in [0, 0.05) is 17.8 Å². The molecule has 0 saturated carbocycles. The Balaban J connectivity index is 2.10. The van der Waals surface area contributed by atoms with Gasteiger partial charge in [-0.25, -0.2) is 9.78 Å². The Labute approximate surface area is 200 Å². The van der Waals surface area contributed by atoms with Crippen molar-refractivity contribution in [2.45, 2.75) is 47.6 Å². The Bertz CT molecular complexity index is 1190. The van der Waals surface area contributed by atoms with Crippen LogP contribution in [0.15, 0.2) is 42.5 Å². The highest BCUT2D eigenvalue weighted by molar-refractivity contribution is 6.06. The lowest BCUT2D eigenvalue weighted by Gasteiger charge is -2.21. The minimum atomic E-state index is -0.571. The number of nitrogens with two attached hydrogens (primary N) is 1. The van der Waals surface area contributed by atoms with Crippen LogP contribution < -0.4 is 11.1 Å². The van der Waals surface area contributed by atoms with Gasteiger partial charge in [-0.3, -0.25) is 9.78 Å². The van der Waals surface area contributed by atoms with E-state index in [1.165, 1.54) is 6.07 Å². The first-order valence-corrected chi connectivity index (χ1v) is 11.5. The third-order valence-corrected chi connectivity index (χ3v) is 5.42. The molecule has 0 saturated heterocycles. The number of aryl methyl sites for hydroxylation is 2. The predicted molar refractivity (Wildman–Crippen MR) is 134 cm³/mol. The second kappa shape index (κ2) is 11.0. The first-order valence-electron chi connectivity index (χ1n) is 11.5. The summed E-state index contributed by atoms with van der Waals surface area (Å²) in [5, 5.41) is 2.99. The molecule has 0 spiro atoms. The maximum absolute atomic E-state index is 13.2. The van der Waals surface area contributed by atoms with Crippen molar-refractivity contribution in [2.24, 2.45) is 11.7 Å². The van der Waals surface area contributed by atoms with Crippen molar-refractivity contribution in [3.05, 3.63) is 76.4 Å². The maximum atomic E-state index is 13.2. The van der Waals surface area contributed by atoms with Gasteiger partial charge in [0.1, 0.15) is 11.4 Å². The van der Waals surface area contributed by atoms with E-state index in [1.807, 2.05) is 38.1 Å². The zero-order valence-electron chi connectivity index (χ0n) is 20.4. The van der Waals surface area contributed by atoms with Crippen LogP contribution in [0.4, 0.5) is 5.69 Å². The van der Waals surface area contributed by atoms with Crippen LogP contribution in [0.25, 0.3) is 11.1 Å². The lowest BCUT2D eigenvalue weighted by atomic mass is 9.92. The Kier molecular flexibility index (Phi) is 8.12. The van der Waals surface area contributed by atoms with E-state index in [4.69, 9.17) is 15.5 Å². The van der Waals surface area contributed by atoms with Crippen LogP contribution in [0.1, 0.15) is 64.3 Å². The van der Waals surface area contributed by atoms with Crippen molar-refractivity contribution in [1.29, 1.82) is 0 Å². The fourth-order valence-electron chi connectivity index (χ4n) is 3.83. The quantitative estimate of drug-likeness (QED) is 0.466. The minimum absolute atomic E-state index is 0.0815. The standard InChI is InChI=1S/C27H32N4O3/c1-6-34-27(33)22-9-7-8-21(30-22)26(32)31-25-18(5)29-23(14-16(2)3)20(15-28)24(25)19-12-10-17(4)11-13-19/h7-13,16H,6,14-15,28H2,1-5H3,(H,31,32). The molecule has 0 aliphatic heterocycles. The van der Waals surface area contributed by atoms with Gasteiger partial charge >= 0.3 is 5.97 Å². The van der Waals surface area contributed by atoms with E-state index < -0.39 is 11.9 Å². The van der Waals surface area contributed by atoms with Gasteiger partial charge in [0.25, 0.3) is 5.91 Å². The van der Waals surface area contributed by atoms with Gasteiger partial charge in [0.2, 0.25) is 0 Å². The lowest BCUT2D eigenvalue weighted by Crippen LogP contribution is -2.20. The molecule has 2 aromatic heterocycles. The summed E-state index contributed by atoms with van der Waals surface area (Å²) >= 11 is 0. The molecule has 0 radical (unpaired) electrons. The number of amides is 1. The van der Waals surface area contributed by atoms with Gasteiger partial charge in [-0.15, -0.1) is 0 Å². The zero-order chi connectivity index (χ0) is 24.8. The van der Waals surface area contributed by atoms with Gasteiger partial charge in [0.15, 0.2) is 0 Å². The molecule has 3 rings (SSSR count). The molecule has 7 heteroatoms. The lowest BCUT2D eigenvalue weighted by molar-refractivity contribution is 0.0519. The molecule has 34 heavy (non-hydrogen) atoms. The third kappa shape index (κ3) is 5.66. The average molecular weight is 461 g/mol. The summed E-state index contributed by atoms with van der Waals surface area (Å²) in [5.41, 5.74) is 12.5. The molecule has 0 unspecified atom stereocenters. The van der Waals surface area contributed by atoms with Gasteiger partial charge in [-0.1, -0.05) is 49.7 Å². The molecule has 0 atom stereocenters. The number of rotatable bonds is 8. The first kappa shape index (κ1) is 25.1. The first-order chi connectivity index (χ1) is 16.2. The van der Waals surface area contributed by atoms with Gasteiger partial charge in [-0.2, -0.15) is 0 Å². The molecule has 2 heterocycles. The summed E-state index contributed by atoms with van der Waals surface area (Å²) in [4.78, 5) is 34.3. The number of anilines is 1. The SMILES string of the molecule is CCOC(=O)c1cccc(C(=O)Nc2c(C)nc(CC(C)C)c(CN)c2-c2ccc(C)cc2)n1. The van der Waals surface area contributed by atoms with Crippen LogP contribution in [-0.2, 0) is 17.7 Å². The van der Waals surface area contributed by atoms with Crippen molar-refractivity contribution in [2.75, 3.05) is 11.9 Å². The Morgan fingerprint density at radius 1 is 1.03 bits per heavy atom. The number of nitrogens with zero attached hydrogens (tertiary/aromatic N) is 2. The number of esters is 1. The fraction of sp³-hybridized carbons (Fsp3) is 0.333. The van der Waals surface area contributed by atoms with Crippen molar-refractivity contribution >= 4 is 17.6 Å². The molecule has 178 valence electrons. The fourth-order valence-corrected chi connectivity index (χ4v) is 3.83. The molecular formula is C27H32N4O3. The number of ether oxygens (including phenoxy) is 1. The Morgan fingerprint density at radius 2 is 1.71 bits per heavy atom. The highest BCUT2D eigenvalue weighted by Crippen LogP contribution is 2.36. The van der Waals surface area contributed by atoms with Gasteiger partial charge in [-0.05, 0) is 56.4 Å². The van der Waals surface area contributed by atoms with E-state index in [2.05, 4.69) is 24.1 Å². The number of hydrogen-bond acceptors (Lipinski definition) is 6. The summed E-state index contributed by atoms with van der Waals surface area (Å²) < 4.78 is 5.00. The van der Waals surface area contributed by atoms with Crippen LogP contribution in [0.5, 0.6) is 0 Å². The van der Waals surface area contributed by atoms with Crippen molar-refractivity contribution in [3.63, 3.8) is 0 Å². The van der Waals surface area contributed by atoms with Crippen LogP contribution in [0, 0.1) is 19.8 Å². The number of hydrogen-bond donors (Lipinski definition) is 2. The third-order valence-electron chi connectivity index (χ3n) is 5.42. The molecule has 1 aromatic carbocycles. The van der Waals surface area contributed by atoms with Crippen molar-refractivity contribution in [3.8, 4) is 11.1 Å². The zero-order valence-corrected chi connectivity index (χ0v) is 20.4. The van der Waals surface area contributed by atoms with Crippen LogP contribution in [-0.4, -0.2) is 28.5 Å². The molecule has 7 nitrogen and oxygen atoms in total. The second-order valence-corrected chi connectivity index (χ2v) is 8.62. The monoisotopic (exact) mass is 460 g/mol. The molecule has 1 amide bonds. The second-order valence-electron chi connectivity index (χ2n) is 8.62. The number of pyridine rings is 2. The molecule has 0 fully saturated rings. The Morgan fingerprint density at radius 3 is 2.32 bits per heavy atom. The summed E-state index contributed by atoms with van der Waals surface area (Å²) in [7, 11) is 0. The normalized spacial score (nSPS) is 10.9. The molecule has 3 aromatic rings. The van der Waals surface area contributed by atoms with Gasteiger partial charge in [0.05, 0.1) is 18.0 Å². The number of carbonyl (C=O) groups is 2. The van der Waals surface area contributed by atoms with Crippen molar-refractivity contribution in [1.82, 2.24) is 9.97 Å². The van der Waals surface area contributed by atoms with Crippen LogP contribution >= 0.6 is 0 Å². The molecule has 0 aliphatic carbocycles. The van der Waals surface area contributed by atoms with Crippen LogP contribution in [0.2, 0.25) is 0 Å². The van der Waals surface area contributed by atoms with E-state index in [9.17, 15) is 9.59 Å². The largest absolute Gasteiger partial charge is 0.461 e. The van der Waals surface area contributed by atoms with E-state index in [-0.39, 0.29) is 24.5 Å². The molecule has 3 N–H and O–H groups in total. The summed E-state index contributed by atoms with van der Waals surface area (Å²) in [5.74, 6) is -0.610. The maximum Gasteiger partial charge on any atom is 0.356 e. The van der Waals surface area contributed by atoms with Crippen LogP contribution in [0.3, 0.4) is 0 Å². The Hall–Kier alpha value is -3.58. The number of benzene rings is 1. The molecule has 0 aliphatic rings. The topological polar surface area (TPSA) is 107 Å². The molecule has 0 bridgehead atoms. The number of nitrogens with one attached hydrogen (secondary N) is 1. The summed E-state index contributed by atoms with van der Waals surface area (Å²) in [6.07, 6.45) is 0.781. The minimum Gasteiger partial charge on any atom is -0.461 e. The average Bonchev–Trinajstić information content (AvgIpc) is 2.81. The summed E-state index contributed by atoms with van der Waals surface area (Å²) in [6.45, 7) is 10.4. The van der Waals surface area contributed by atoms with Crippen molar-refractivity contribution < 1.29 is 14.3 Å². The van der Waals surface area contributed by atoms with E-state index >= 15 is 0 Å². The number of carbonyl (C=O) groups excluding carboxylic acids is 2. The predicted octanol–water partition coefficient (Wildman–Crippen LogP) is 4.85. The van der Waals surface area contributed by atoms with E-state index in [0.29, 0.717) is 17.3 Å². The summed E-state index contributed by atoms with van der Waals surface area (Å²) in [6, 6.07) is 12.8. The van der Waals surface area contributed by atoms with Gasteiger partial charge < -0.3 is 15.8 Å². The molecular weight excluding hydrogens is 428 g/mol. The highest BCUT2D eigenvalue weighted by Gasteiger charge is 2.22. The van der Waals surface area contributed by atoms with E-state index in [0.717, 1.165) is 34.4 Å². The van der Waals surface area contributed by atoms with E-state index in [1.54, 1.807) is 19.1 Å². The smallest absolute Gasteiger partial charge is 0.356 e.